The van der Waals surface area contributed by atoms with E-state index in [1.165, 1.54) is 6.07 Å². The van der Waals surface area contributed by atoms with Gasteiger partial charge in [-0.3, -0.25) is 0 Å². The van der Waals surface area contributed by atoms with Crippen LogP contribution in [-0.2, 0) is 15.0 Å². The number of halogens is 1. The number of aromatic carboxylic acids is 1. The van der Waals surface area contributed by atoms with E-state index in [0.29, 0.717) is 27.6 Å². The lowest BCUT2D eigenvalue weighted by Crippen LogP contribution is -2.44. The maximum atomic E-state index is 11.7. The Kier molecular flexibility index (Phi) is 7.24. The van der Waals surface area contributed by atoms with Crippen molar-refractivity contribution in [1.82, 2.24) is 4.31 Å². The first-order chi connectivity index (χ1) is 17.7. The third kappa shape index (κ3) is 4.63. The van der Waals surface area contributed by atoms with Crippen LogP contribution < -0.4 is 4.90 Å². The Hall–Kier alpha value is -2.59. The highest BCUT2D eigenvalue weighted by molar-refractivity contribution is 8.24. The van der Waals surface area contributed by atoms with Gasteiger partial charge in [-0.15, -0.1) is 0 Å². The molecule has 37 heavy (non-hydrogen) atoms. The van der Waals surface area contributed by atoms with E-state index < -0.39 is 16.7 Å². The van der Waals surface area contributed by atoms with E-state index in [4.69, 9.17) is 20.0 Å². The number of carbonyl (C=O) groups is 1. The molecule has 2 aliphatic heterocycles. The van der Waals surface area contributed by atoms with Gasteiger partial charge in [-0.2, -0.15) is 4.31 Å². The predicted octanol–water partition coefficient (Wildman–Crippen LogP) is 6.61. The molecule has 0 aromatic heterocycles. The molecule has 3 aromatic rings. The standard InChI is InChI=1S/C28H31ClN2O5S/c1-18(2)11-22-15-31(21-7-5-4-6-8-21)26-14-25(29)24(13-27(26)37(30(22)3)35-17-36-37)23-12-19(28(33)34)9-10-20(23)16-32/h4-10,12-14,18,22,32H,11,15-17H2,1-3H3,(H,33,34)/t22-/m1/s1. The van der Waals surface area contributed by atoms with E-state index >= 15 is 0 Å². The summed E-state index contributed by atoms with van der Waals surface area (Å²) >= 11 is 6.93. The van der Waals surface area contributed by atoms with E-state index in [1.54, 1.807) is 12.1 Å². The molecule has 0 aliphatic carbocycles. The Morgan fingerprint density at radius 1 is 1.11 bits per heavy atom. The Labute approximate surface area is 224 Å². The van der Waals surface area contributed by atoms with Gasteiger partial charge in [-0.25, -0.2) is 13.2 Å². The molecule has 1 spiro atoms. The van der Waals surface area contributed by atoms with Gasteiger partial charge in [-0.05, 0) is 59.9 Å². The molecule has 2 N–H and O–H groups in total. The van der Waals surface area contributed by atoms with Gasteiger partial charge in [0.2, 0.25) is 0 Å². The van der Waals surface area contributed by atoms with E-state index in [9.17, 15) is 15.0 Å². The number of para-hydroxylation sites is 1. The highest BCUT2D eigenvalue weighted by Crippen LogP contribution is 2.70. The van der Waals surface area contributed by atoms with Gasteiger partial charge >= 0.3 is 5.97 Å². The number of benzene rings is 3. The zero-order valence-electron chi connectivity index (χ0n) is 21.1. The summed E-state index contributed by atoms with van der Waals surface area (Å²) in [5.41, 5.74) is 3.84. The SMILES string of the molecule is CC(C)C[C@@H]1CN(c2ccccc2)c2cc(Cl)c(-c3cc(C(=O)O)ccc3CO)cc2S2(OCO2)N1C. The van der Waals surface area contributed by atoms with E-state index in [1.807, 2.05) is 30.3 Å². The number of nitrogens with zero attached hydrogens (tertiary/aromatic N) is 2. The Balaban J connectivity index is 1.75. The van der Waals surface area contributed by atoms with Crippen LogP contribution in [0.1, 0.15) is 36.2 Å². The minimum Gasteiger partial charge on any atom is -0.478 e. The first-order valence-electron chi connectivity index (χ1n) is 12.2. The average Bonchev–Trinajstić information content (AvgIpc) is 2.95. The summed E-state index contributed by atoms with van der Waals surface area (Å²) in [5.74, 6) is -0.580. The lowest BCUT2D eigenvalue weighted by Gasteiger charge is -2.56. The first kappa shape index (κ1) is 26.0. The number of aliphatic hydroxyl groups is 1. The van der Waals surface area contributed by atoms with Crippen molar-refractivity contribution in [3.63, 3.8) is 0 Å². The van der Waals surface area contributed by atoms with Crippen molar-refractivity contribution in [1.29, 1.82) is 0 Å². The minimum atomic E-state index is -2.25. The Bertz CT molecular complexity index is 1320. The second-order valence-corrected chi connectivity index (χ2v) is 12.6. The van der Waals surface area contributed by atoms with Crippen LogP contribution in [0, 0.1) is 5.92 Å². The van der Waals surface area contributed by atoms with Crippen LogP contribution in [0.5, 0.6) is 0 Å². The van der Waals surface area contributed by atoms with Crippen molar-refractivity contribution in [3.05, 3.63) is 76.8 Å². The normalized spacial score (nSPS) is 19.8. The number of aliphatic hydroxyl groups excluding tert-OH is 1. The third-order valence-electron chi connectivity index (χ3n) is 6.95. The summed E-state index contributed by atoms with van der Waals surface area (Å²) in [6.07, 6.45) is 0.950. The lowest BCUT2D eigenvalue weighted by molar-refractivity contribution is 0.0215. The van der Waals surface area contributed by atoms with Gasteiger partial charge in [0.25, 0.3) is 0 Å². The second kappa shape index (κ2) is 10.3. The van der Waals surface area contributed by atoms with E-state index in [0.717, 1.165) is 29.2 Å². The van der Waals surface area contributed by atoms with Gasteiger partial charge in [-0.1, -0.05) is 60.5 Å². The largest absolute Gasteiger partial charge is 0.478 e. The van der Waals surface area contributed by atoms with Crippen molar-refractivity contribution < 1.29 is 23.4 Å². The fourth-order valence-corrected chi connectivity index (χ4v) is 7.77. The lowest BCUT2D eigenvalue weighted by atomic mass is 9.96. The molecule has 2 heterocycles. The van der Waals surface area contributed by atoms with Crippen LogP contribution in [0.2, 0.25) is 5.02 Å². The number of likely N-dealkylation sites (N-methyl/N-ethyl adjacent to an activating group) is 1. The number of anilines is 2. The van der Waals surface area contributed by atoms with E-state index in [-0.39, 0.29) is 25.0 Å². The molecule has 9 heteroatoms. The Morgan fingerprint density at radius 2 is 1.84 bits per heavy atom. The van der Waals surface area contributed by atoms with Crippen LogP contribution in [0.4, 0.5) is 11.4 Å². The molecule has 2 aliphatic rings. The Morgan fingerprint density at radius 3 is 2.43 bits per heavy atom. The molecule has 1 fully saturated rings. The molecule has 1 atom stereocenters. The number of hydrogen-bond acceptors (Lipinski definition) is 6. The van der Waals surface area contributed by atoms with Crippen molar-refractivity contribution in [3.8, 4) is 11.1 Å². The van der Waals surface area contributed by atoms with Crippen molar-refractivity contribution in [2.45, 2.75) is 37.8 Å². The highest BCUT2D eigenvalue weighted by atomic mass is 35.5. The van der Waals surface area contributed by atoms with Crippen molar-refractivity contribution in [2.24, 2.45) is 5.92 Å². The quantitative estimate of drug-likeness (QED) is 0.362. The smallest absolute Gasteiger partial charge is 0.335 e. The second-order valence-electron chi connectivity index (χ2n) is 9.74. The van der Waals surface area contributed by atoms with Crippen LogP contribution in [0.3, 0.4) is 0 Å². The average molecular weight is 543 g/mol. The fraction of sp³-hybridized carbons (Fsp3) is 0.321. The topological polar surface area (TPSA) is 82.5 Å². The molecular weight excluding hydrogens is 512 g/mol. The zero-order valence-corrected chi connectivity index (χ0v) is 22.6. The van der Waals surface area contributed by atoms with Gasteiger partial charge < -0.3 is 15.1 Å². The van der Waals surface area contributed by atoms with Gasteiger partial charge in [0.1, 0.15) is 4.90 Å². The molecule has 0 amide bonds. The molecule has 0 radical (unpaired) electrons. The van der Waals surface area contributed by atoms with Gasteiger partial charge in [0.15, 0.2) is 6.79 Å². The summed E-state index contributed by atoms with van der Waals surface area (Å²) < 4.78 is 14.8. The number of rotatable bonds is 6. The van der Waals surface area contributed by atoms with Gasteiger partial charge in [0.05, 0.1) is 22.9 Å². The minimum absolute atomic E-state index is 0.122. The van der Waals surface area contributed by atoms with Crippen LogP contribution in [0.25, 0.3) is 11.1 Å². The summed E-state index contributed by atoms with van der Waals surface area (Å²) in [6.45, 7) is 5.10. The molecular formula is C28H31ClN2O5S. The first-order valence-corrected chi connectivity index (χ1v) is 14.1. The fourth-order valence-electron chi connectivity index (χ4n) is 5.09. The predicted molar refractivity (Wildman–Crippen MR) is 147 cm³/mol. The van der Waals surface area contributed by atoms with Crippen LogP contribution in [-0.4, -0.2) is 46.9 Å². The third-order valence-corrected chi connectivity index (χ3v) is 10.0. The molecule has 5 rings (SSSR count). The van der Waals surface area contributed by atoms with Crippen molar-refractivity contribution >= 4 is 39.7 Å². The molecule has 196 valence electrons. The van der Waals surface area contributed by atoms with Crippen LogP contribution >= 0.6 is 22.4 Å². The van der Waals surface area contributed by atoms with Crippen LogP contribution in [0.15, 0.2) is 65.6 Å². The zero-order chi connectivity index (χ0) is 26.3. The van der Waals surface area contributed by atoms with Crippen molar-refractivity contribution in [2.75, 3.05) is 25.3 Å². The summed E-state index contributed by atoms with van der Waals surface area (Å²) in [7, 11) is -0.193. The number of carboxylic acid groups (broad SMARTS) is 1. The number of carboxylic acids is 1. The molecule has 3 aromatic carbocycles. The molecule has 0 saturated carbocycles. The molecule has 1 saturated heterocycles. The molecule has 0 bridgehead atoms. The summed E-state index contributed by atoms with van der Waals surface area (Å²) in [6, 6.07) is 18.9. The molecule has 7 nitrogen and oxygen atoms in total. The maximum Gasteiger partial charge on any atom is 0.335 e. The summed E-state index contributed by atoms with van der Waals surface area (Å²) in [4.78, 5) is 14.9. The highest BCUT2D eigenvalue weighted by Gasteiger charge is 2.46. The van der Waals surface area contributed by atoms with E-state index in [2.05, 4.69) is 42.2 Å². The maximum absolute atomic E-state index is 11.7. The number of hydrogen-bond donors (Lipinski definition) is 2. The summed E-state index contributed by atoms with van der Waals surface area (Å²) in [5, 5.41) is 20.1. The molecule has 0 unspecified atom stereocenters. The monoisotopic (exact) mass is 542 g/mol. The number of fused-ring (bicyclic) bond motifs is 2. The van der Waals surface area contributed by atoms with Gasteiger partial charge in [0, 0.05) is 30.9 Å².